The summed E-state index contributed by atoms with van der Waals surface area (Å²) in [5.74, 6) is 4.63. The summed E-state index contributed by atoms with van der Waals surface area (Å²) in [6.07, 6.45) is 0. The topological polar surface area (TPSA) is 30.9 Å². The SMILES string of the molecule is CC1(C)c2ccccc2-c2cc3c(cc21)Oc1ccc(-c2ccc(N4c5ccccc5Oc5ccccc54)cc2)cc1O3. The van der Waals surface area contributed by atoms with Gasteiger partial charge < -0.3 is 19.1 Å². The predicted molar refractivity (Wildman–Crippen MR) is 171 cm³/mol. The fraction of sp³-hybridized carbons (Fsp3) is 0.0769. The lowest BCUT2D eigenvalue weighted by atomic mass is 9.82. The zero-order chi connectivity index (χ0) is 28.7. The number of rotatable bonds is 2. The molecule has 4 nitrogen and oxygen atoms in total. The van der Waals surface area contributed by atoms with E-state index in [1.807, 2.05) is 42.5 Å². The summed E-state index contributed by atoms with van der Waals surface area (Å²) in [7, 11) is 0. The highest BCUT2D eigenvalue weighted by Gasteiger charge is 2.37. The first-order valence-corrected chi connectivity index (χ1v) is 14.6. The van der Waals surface area contributed by atoms with E-state index in [0.29, 0.717) is 0 Å². The monoisotopic (exact) mass is 557 g/mol. The summed E-state index contributed by atoms with van der Waals surface area (Å²) in [5, 5.41) is 0. The van der Waals surface area contributed by atoms with Crippen LogP contribution in [0.5, 0.6) is 34.5 Å². The molecule has 1 aliphatic carbocycles. The second kappa shape index (κ2) is 8.76. The highest BCUT2D eigenvalue weighted by molar-refractivity contribution is 5.87. The molecule has 4 heteroatoms. The van der Waals surface area contributed by atoms with Crippen molar-refractivity contribution >= 4 is 17.1 Å². The van der Waals surface area contributed by atoms with Gasteiger partial charge in [-0.15, -0.1) is 0 Å². The van der Waals surface area contributed by atoms with Crippen LogP contribution in [0.1, 0.15) is 25.0 Å². The molecule has 0 saturated carbocycles. The van der Waals surface area contributed by atoms with E-state index in [4.69, 9.17) is 14.2 Å². The average Bonchev–Trinajstić information content (AvgIpc) is 3.27. The minimum absolute atomic E-state index is 0.0913. The molecule has 3 aliphatic rings. The first-order valence-electron chi connectivity index (χ1n) is 14.6. The quantitative estimate of drug-likeness (QED) is 0.212. The van der Waals surface area contributed by atoms with Gasteiger partial charge >= 0.3 is 0 Å². The largest absolute Gasteiger partial charge is 0.453 e. The molecule has 0 saturated heterocycles. The van der Waals surface area contributed by atoms with Crippen molar-refractivity contribution in [3.63, 3.8) is 0 Å². The molecule has 0 atom stereocenters. The van der Waals surface area contributed by atoms with Crippen LogP contribution in [0, 0.1) is 0 Å². The van der Waals surface area contributed by atoms with Gasteiger partial charge in [0.1, 0.15) is 0 Å². The van der Waals surface area contributed by atoms with Gasteiger partial charge in [-0.1, -0.05) is 80.6 Å². The van der Waals surface area contributed by atoms with Gasteiger partial charge in [-0.2, -0.15) is 0 Å². The van der Waals surface area contributed by atoms with Crippen molar-refractivity contribution in [2.75, 3.05) is 4.90 Å². The Hall–Kier alpha value is -5.48. The maximum atomic E-state index is 6.50. The van der Waals surface area contributed by atoms with Gasteiger partial charge in [0.2, 0.25) is 0 Å². The molecule has 0 radical (unpaired) electrons. The molecule has 6 aromatic carbocycles. The van der Waals surface area contributed by atoms with Crippen LogP contribution in [-0.4, -0.2) is 0 Å². The van der Waals surface area contributed by atoms with E-state index < -0.39 is 0 Å². The number of anilines is 3. The second-order valence-electron chi connectivity index (χ2n) is 11.8. The van der Waals surface area contributed by atoms with Gasteiger partial charge in [0.25, 0.3) is 0 Å². The number of hydrogen-bond donors (Lipinski definition) is 0. The highest BCUT2D eigenvalue weighted by Crippen LogP contribution is 2.55. The first-order chi connectivity index (χ1) is 21.0. The molecule has 2 aliphatic heterocycles. The zero-order valence-electron chi connectivity index (χ0n) is 23.8. The van der Waals surface area contributed by atoms with Crippen molar-refractivity contribution in [2.45, 2.75) is 19.3 Å². The van der Waals surface area contributed by atoms with E-state index in [9.17, 15) is 0 Å². The third-order valence-corrected chi connectivity index (χ3v) is 8.92. The molecule has 6 aromatic rings. The van der Waals surface area contributed by atoms with Gasteiger partial charge in [-0.25, -0.2) is 0 Å². The minimum Gasteiger partial charge on any atom is -0.453 e. The van der Waals surface area contributed by atoms with E-state index in [0.717, 1.165) is 62.7 Å². The lowest BCUT2D eigenvalue weighted by Crippen LogP contribution is -2.15. The summed E-state index contributed by atoms with van der Waals surface area (Å²) in [6.45, 7) is 4.55. The van der Waals surface area contributed by atoms with Crippen molar-refractivity contribution in [1.29, 1.82) is 0 Å². The molecule has 0 unspecified atom stereocenters. The Kier molecular flexibility index (Phi) is 4.92. The third kappa shape index (κ3) is 3.56. The van der Waals surface area contributed by atoms with Crippen LogP contribution in [0.3, 0.4) is 0 Å². The van der Waals surface area contributed by atoms with E-state index >= 15 is 0 Å². The smallest absolute Gasteiger partial charge is 0.170 e. The van der Waals surface area contributed by atoms with Gasteiger partial charge in [-0.3, -0.25) is 0 Å². The van der Waals surface area contributed by atoms with Gasteiger partial charge in [-0.05, 0) is 94.0 Å². The Balaban J connectivity index is 1.05. The van der Waals surface area contributed by atoms with Crippen LogP contribution >= 0.6 is 0 Å². The van der Waals surface area contributed by atoms with Crippen LogP contribution < -0.4 is 19.1 Å². The molecule has 206 valence electrons. The maximum absolute atomic E-state index is 6.50. The van der Waals surface area contributed by atoms with Crippen molar-refractivity contribution in [2.24, 2.45) is 0 Å². The van der Waals surface area contributed by atoms with Crippen LogP contribution in [0.2, 0.25) is 0 Å². The van der Waals surface area contributed by atoms with Crippen LogP contribution in [-0.2, 0) is 5.41 Å². The van der Waals surface area contributed by atoms with Gasteiger partial charge in [0.15, 0.2) is 34.5 Å². The molecule has 0 aromatic heterocycles. The summed E-state index contributed by atoms with van der Waals surface area (Å²) in [6, 6.07) is 44.0. The molecule has 0 bridgehead atoms. The maximum Gasteiger partial charge on any atom is 0.170 e. The molecule has 2 heterocycles. The van der Waals surface area contributed by atoms with Crippen LogP contribution in [0.15, 0.2) is 127 Å². The fourth-order valence-corrected chi connectivity index (χ4v) is 6.74. The van der Waals surface area contributed by atoms with Crippen molar-refractivity contribution in [3.05, 3.63) is 139 Å². The Labute approximate surface area is 250 Å². The minimum atomic E-state index is -0.0913. The Morgan fingerprint density at radius 2 is 1.02 bits per heavy atom. The molecule has 0 fully saturated rings. The lowest BCUT2D eigenvalue weighted by molar-refractivity contribution is 0.359. The third-order valence-electron chi connectivity index (χ3n) is 8.92. The average molecular weight is 558 g/mol. The Morgan fingerprint density at radius 1 is 0.442 bits per heavy atom. The number of para-hydroxylation sites is 4. The molecule has 0 amide bonds. The molecule has 0 N–H and O–H groups in total. The summed E-state index contributed by atoms with van der Waals surface area (Å²) in [4.78, 5) is 2.25. The highest BCUT2D eigenvalue weighted by atomic mass is 16.6. The van der Waals surface area contributed by atoms with Crippen molar-refractivity contribution in [3.8, 4) is 56.8 Å². The Bertz CT molecular complexity index is 2050. The summed E-state index contributed by atoms with van der Waals surface area (Å²) in [5.41, 5.74) is 10.2. The van der Waals surface area contributed by atoms with Crippen LogP contribution in [0.25, 0.3) is 22.3 Å². The predicted octanol–water partition coefficient (Wildman–Crippen LogP) is 11.1. The molecular formula is C39H27NO3. The Morgan fingerprint density at radius 3 is 1.79 bits per heavy atom. The normalized spacial score (nSPS) is 14.5. The number of nitrogens with zero attached hydrogens (tertiary/aromatic N) is 1. The van der Waals surface area contributed by atoms with Crippen molar-refractivity contribution < 1.29 is 14.2 Å². The van der Waals surface area contributed by atoms with Crippen LogP contribution in [0.4, 0.5) is 17.1 Å². The molecule has 43 heavy (non-hydrogen) atoms. The van der Waals surface area contributed by atoms with E-state index in [1.165, 1.54) is 22.3 Å². The number of hydrogen-bond acceptors (Lipinski definition) is 4. The summed E-state index contributed by atoms with van der Waals surface area (Å²) >= 11 is 0. The standard InChI is InChI=1S/C39H27NO3/c1-39(2)29-10-4-3-9-27(29)28-22-37-38(23-30(28)39)42-35-20-17-25(21-36(35)43-37)24-15-18-26(19-16-24)40-31-11-5-7-13-33(31)41-34-14-8-6-12-32(34)40/h3-23H,1-2H3. The molecule has 0 spiro atoms. The van der Waals surface area contributed by atoms with E-state index in [-0.39, 0.29) is 5.41 Å². The lowest BCUT2D eigenvalue weighted by Gasteiger charge is -2.32. The fourth-order valence-electron chi connectivity index (χ4n) is 6.74. The summed E-state index contributed by atoms with van der Waals surface area (Å²) < 4.78 is 19.1. The molecular weight excluding hydrogens is 530 g/mol. The number of benzene rings is 6. The first kappa shape index (κ1) is 24.2. The van der Waals surface area contributed by atoms with E-state index in [2.05, 4.69) is 104 Å². The van der Waals surface area contributed by atoms with Crippen molar-refractivity contribution in [1.82, 2.24) is 0 Å². The van der Waals surface area contributed by atoms with Gasteiger partial charge in [0, 0.05) is 11.1 Å². The van der Waals surface area contributed by atoms with Gasteiger partial charge in [0.05, 0.1) is 11.4 Å². The second-order valence-corrected chi connectivity index (χ2v) is 11.8. The number of fused-ring (bicyclic) bond motifs is 7. The zero-order valence-corrected chi connectivity index (χ0v) is 23.8. The number of ether oxygens (including phenoxy) is 3. The van der Waals surface area contributed by atoms with E-state index in [1.54, 1.807) is 0 Å². The molecule has 9 rings (SSSR count).